The zero-order chi connectivity index (χ0) is 18.4. The minimum Gasteiger partial charge on any atom is -0.357 e. The van der Waals surface area contributed by atoms with E-state index in [4.69, 9.17) is 0 Å². The Morgan fingerprint density at radius 2 is 1.88 bits per heavy atom. The molecule has 26 heavy (non-hydrogen) atoms. The average molecular weight is 480 g/mol. The second-order valence-corrected chi connectivity index (χ2v) is 7.06. The van der Waals surface area contributed by atoms with Crippen LogP contribution in [0.5, 0.6) is 0 Å². The van der Waals surface area contributed by atoms with Gasteiger partial charge in [0.25, 0.3) is 0 Å². The Balaban J connectivity index is 0.00000338. The van der Waals surface area contributed by atoms with Crippen molar-refractivity contribution in [3.05, 3.63) is 35.4 Å². The van der Waals surface area contributed by atoms with Crippen molar-refractivity contribution >= 4 is 29.9 Å². The van der Waals surface area contributed by atoms with E-state index in [1.165, 1.54) is 12.1 Å². The summed E-state index contributed by atoms with van der Waals surface area (Å²) in [7, 11) is 0. The number of halogens is 3. The smallest absolute Gasteiger partial charge is 0.191 e. The van der Waals surface area contributed by atoms with Gasteiger partial charge < -0.3 is 10.6 Å². The average Bonchev–Trinajstić information content (AvgIpc) is 2.88. The van der Waals surface area contributed by atoms with Gasteiger partial charge in [0.05, 0.1) is 0 Å². The number of hydrogen-bond acceptors (Lipinski definition) is 2. The van der Waals surface area contributed by atoms with Crippen LogP contribution in [-0.2, 0) is 6.42 Å². The van der Waals surface area contributed by atoms with Crippen molar-refractivity contribution in [1.82, 2.24) is 15.5 Å². The molecule has 0 radical (unpaired) electrons. The van der Waals surface area contributed by atoms with E-state index in [2.05, 4.69) is 41.3 Å². The molecule has 0 bridgehead atoms. The molecule has 4 nitrogen and oxygen atoms in total. The van der Waals surface area contributed by atoms with Crippen molar-refractivity contribution in [2.24, 2.45) is 10.9 Å². The molecular formula is C19H31F2IN4. The Labute approximate surface area is 172 Å². The van der Waals surface area contributed by atoms with Crippen LogP contribution < -0.4 is 10.6 Å². The van der Waals surface area contributed by atoms with Gasteiger partial charge in [0.15, 0.2) is 5.96 Å². The Morgan fingerprint density at radius 3 is 2.42 bits per heavy atom. The molecule has 1 saturated heterocycles. The van der Waals surface area contributed by atoms with E-state index in [0.29, 0.717) is 36.5 Å². The molecule has 2 N–H and O–H groups in total. The molecule has 0 amide bonds. The lowest BCUT2D eigenvalue weighted by Gasteiger charge is -2.22. The highest BCUT2D eigenvalue weighted by Crippen LogP contribution is 2.18. The van der Waals surface area contributed by atoms with Gasteiger partial charge in [0.2, 0.25) is 0 Å². The summed E-state index contributed by atoms with van der Waals surface area (Å²) in [6.07, 6.45) is 0.504. The molecule has 1 heterocycles. The minimum absolute atomic E-state index is 0. The van der Waals surface area contributed by atoms with Gasteiger partial charge in [-0.2, -0.15) is 0 Å². The van der Waals surface area contributed by atoms with Crippen LogP contribution in [-0.4, -0.2) is 49.1 Å². The van der Waals surface area contributed by atoms with E-state index in [-0.39, 0.29) is 24.0 Å². The van der Waals surface area contributed by atoms with Crippen molar-refractivity contribution in [2.45, 2.75) is 46.2 Å². The molecule has 0 aliphatic carbocycles. The molecule has 1 aliphatic heterocycles. The molecule has 1 aromatic rings. The largest absolute Gasteiger partial charge is 0.357 e. The summed E-state index contributed by atoms with van der Waals surface area (Å²) < 4.78 is 26.5. The molecule has 0 saturated carbocycles. The summed E-state index contributed by atoms with van der Waals surface area (Å²) in [6, 6.07) is 4.50. The molecule has 1 fully saturated rings. The number of rotatable bonds is 6. The lowest BCUT2D eigenvalue weighted by Crippen LogP contribution is -2.46. The third kappa shape index (κ3) is 6.98. The van der Waals surface area contributed by atoms with Crippen molar-refractivity contribution < 1.29 is 8.78 Å². The number of aliphatic imine (C=N–C) groups is 1. The summed E-state index contributed by atoms with van der Waals surface area (Å²) in [5.41, 5.74) is 0.623. The predicted octanol–water partition coefficient (Wildman–Crippen LogP) is 3.41. The minimum atomic E-state index is -0.544. The standard InChI is InChI=1S/C19H30F2N4.HI/c1-5-22-19(24-18-12-25(13(2)3)11-14(18)4)23-7-6-15-8-16(20)10-17(21)9-15;/h8-10,13-14,18H,5-7,11-12H2,1-4H3,(H2,22,23,24);1H. The van der Waals surface area contributed by atoms with Crippen LogP contribution >= 0.6 is 24.0 Å². The molecule has 0 aromatic heterocycles. The van der Waals surface area contributed by atoms with Gasteiger partial charge in [-0.3, -0.25) is 9.89 Å². The van der Waals surface area contributed by atoms with Crippen LogP contribution in [0.15, 0.2) is 23.2 Å². The van der Waals surface area contributed by atoms with Crippen molar-refractivity contribution in [3.63, 3.8) is 0 Å². The van der Waals surface area contributed by atoms with Gasteiger partial charge in [-0.1, -0.05) is 6.92 Å². The number of nitrogens with zero attached hydrogens (tertiary/aromatic N) is 2. The summed E-state index contributed by atoms with van der Waals surface area (Å²) in [4.78, 5) is 7.03. The normalized spacial score (nSPS) is 21.0. The predicted molar refractivity (Wildman–Crippen MR) is 114 cm³/mol. The van der Waals surface area contributed by atoms with Crippen LogP contribution in [0.2, 0.25) is 0 Å². The summed E-state index contributed by atoms with van der Waals surface area (Å²) in [6.45, 7) is 12.0. The van der Waals surface area contributed by atoms with Crippen LogP contribution in [0.3, 0.4) is 0 Å². The third-order valence-corrected chi connectivity index (χ3v) is 4.63. The van der Waals surface area contributed by atoms with Gasteiger partial charge in [0.1, 0.15) is 11.6 Å². The number of hydrogen-bond donors (Lipinski definition) is 2. The zero-order valence-electron chi connectivity index (χ0n) is 16.1. The van der Waals surface area contributed by atoms with E-state index in [1.807, 2.05) is 6.92 Å². The fraction of sp³-hybridized carbons (Fsp3) is 0.632. The molecule has 2 rings (SSSR count). The second kappa shape index (κ2) is 11.0. The van der Waals surface area contributed by atoms with E-state index in [9.17, 15) is 8.78 Å². The van der Waals surface area contributed by atoms with Crippen molar-refractivity contribution in [2.75, 3.05) is 26.2 Å². The Kier molecular flexibility index (Phi) is 9.78. The first-order chi connectivity index (χ1) is 11.9. The van der Waals surface area contributed by atoms with E-state index < -0.39 is 11.6 Å². The molecule has 1 aliphatic rings. The van der Waals surface area contributed by atoms with Gasteiger partial charge >= 0.3 is 0 Å². The van der Waals surface area contributed by atoms with Crippen molar-refractivity contribution in [1.29, 1.82) is 0 Å². The number of likely N-dealkylation sites (tertiary alicyclic amines) is 1. The van der Waals surface area contributed by atoms with Gasteiger partial charge in [-0.25, -0.2) is 8.78 Å². The quantitative estimate of drug-likeness (QED) is 0.373. The fourth-order valence-electron chi connectivity index (χ4n) is 3.16. The van der Waals surface area contributed by atoms with E-state index >= 15 is 0 Å². The first kappa shape index (κ1) is 23.1. The molecule has 1 aromatic carbocycles. The van der Waals surface area contributed by atoms with E-state index in [1.54, 1.807) is 0 Å². The highest BCUT2D eigenvalue weighted by atomic mass is 127. The highest BCUT2D eigenvalue weighted by Gasteiger charge is 2.31. The SMILES string of the molecule is CCNC(=NCCc1cc(F)cc(F)c1)NC1CN(C(C)C)CC1C.I. The first-order valence-corrected chi connectivity index (χ1v) is 9.13. The van der Waals surface area contributed by atoms with Crippen LogP contribution in [0.1, 0.15) is 33.3 Å². The molecule has 148 valence electrons. The maximum Gasteiger partial charge on any atom is 0.191 e. The number of nitrogens with one attached hydrogen (secondary N) is 2. The Bertz CT molecular complexity index is 575. The lowest BCUT2D eigenvalue weighted by atomic mass is 10.1. The first-order valence-electron chi connectivity index (χ1n) is 9.13. The third-order valence-electron chi connectivity index (χ3n) is 4.63. The zero-order valence-corrected chi connectivity index (χ0v) is 18.4. The molecule has 2 atom stereocenters. The fourth-order valence-corrected chi connectivity index (χ4v) is 3.16. The number of benzene rings is 1. The molecule has 2 unspecified atom stereocenters. The van der Waals surface area contributed by atoms with Crippen molar-refractivity contribution in [3.8, 4) is 0 Å². The maximum atomic E-state index is 13.2. The highest BCUT2D eigenvalue weighted by molar-refractivity contribution is 14.0. The Morgan fingerprint density at radius 1 is 1.23 bits per heavy atom. The van der Waals surface area contributed by atoms with Gasteiger partial charge in [0, 0.05) is 44.3 Å². The summed E-state index contributed by atoms with van der Waals surface area (Å²) in [5.74, 6) is 0.223. The van der Waals surface area contributed by atoms with Crippen LogP contribution in [0, 0.1) is 17.6 Å². The van der Waals surface area contributed by atoms with Gasteiger partial charge in [-0.05, 0) is 50.8 Å². The Hall–Kier alpha value is -0.960. The maximum absolute atomic E-state index is 13.2. The monoisotopic (exact) mass is 480 g/mol. The molecule has 0 spiro atoms. The van der Waals surface area contributed by atoms with E-state index in [0.717, 1.165) is 31.7 Å². The molecular weight excluding hydrogens is 449 g/mol. The van der Waals surface area contributed by atoms with Crippen LogP contribution in [0.4, 0.5) is 8.78 Å². The summed E-state index contributed by atoms with van der Waals surface area (Å²) in [5, 5.41) is 6.76. The summed E-state index contributed by atoms with van der Waals surface area (Å²) >= 11 is 0. The van der Waals surface area contributed by atoms with Crippen LogP contribution in [0.25, 0.3) is 0 Å². The second-order valence-electron chi connectivity index (χ2n) is 7.06. The molecule has 7 heteroatoms. The number of guanidine groups is 1. The topological polar surface area (TPSA) is 39.7 Å². The van der Waals surface area contributed by atoms with Gasteiger partial charge in [-0.15, -0.1) is 24.0 Å². The lowest BCUT2D eigenvalue weighted by molar-refractivity contribution is 0.265.